The number of benzene rings is 2. The molecule has 30 heavy (non-hydrogen) atoms. The van der Waals surface area contributed by atoms with Gasteiger partial charge in [0.15, 0.2) is 0 Å². The number of halogens is 1. The molecule has 4 rings (SSSR count). The highest BCUT2D eigenvalue weighted by Gasteiger charge is 2.34. The van der Waals surface area contributed by atoms with Gasteiger partial charge in [0.1, 0.15) is 11.6 Å². The summed E-state index contributed by atoms with van der Waals surface area (Å²) in [6, 6.07) is 13.8. The third-order valence-corrected chi connectivity index (χ3v) is 6.08. The summed E-state index contributed by atoms with van der Waals surface area (Å²) in [7, 11) is 1.63. The molecule has 1 amide bonds. The minimum Gasteiger partial charge on any atom is -0.497 e. The van der Waals surface area contributed by atoms with Crippen LogP contribution in [0.1, 0.15) is 43.4 Å². The number of hydrogen-bond donors (Lipinski definition) is 0. The fourth-order valence-corrected chi connectivity index (χ4v) is 4.13. The van der Waals surface area contributed by atoms with Gasteiger partial charge in [0.25, 0.3) is 5.91 Å². The van der Waals surface area contributed by atoms with Crippen molar-refractivity contribution in [1.82, 2.24) is 9.91 Å². The van der Waals surface area contributed by atoms with Crippen LogP contribution in [0, 0.1) is 11.7 Å². The average Bonchev–Trinajstić information content (AvgIpc) is 3.21. The molecule has 2 aliphatic heterocycles. The van der Waals surface area contributed by atoms with Crippen molar-refractivity contribution in [2.24, 2.45) is 11.0 Å². The van der Waals surface area contributed by atoms with Crippen LogP contribution in [-0.2, 0) is 4.79 Å². The first-order valence-corrected chi connectivity index (χ1v) is 10.6. The predicted octanol–water partition coefficient (Wildman–Crippen LogP) is 4.24. The van der Waals surface area contributed by atoms with Gasteiger partial charge in [-0.2, -0.15) is 5.10 Å². The third kappa shape index (κ3) is 4.54. The highest BCUT2D eigenvalue weighted by molar-refractivity contribution is 6.03. The monoisotopic (exact) mass is 409 g/mol. The Morgan fingerprint density at radius 3 is 2.40 bits per heavy atom. The largest absolute Gasteiger partial charge is 0.497 e. The average molecular weight is 410 g/mol. The van der Waals surface area contributed by atoms with Gasteiger partial charge in [0, 0.05) is 6.42 Å². The maximum Gasteiger partial charge on any atom is 0.257 e. The Morgan fingerprint density at radius 1 is 1.10 bits per heavy atom. The molecule has 158 valence electrons. The summed E-state index contributed by atoms with van der Waals surface area (Å²) in [5.74, 6) is 1.20. The van der Waals surface area contributed by atoms with E-state index in [0.29, 0.717) is 13.0 Å². The summed E-state index contributed by atoms with van der Waals surface area (Å²) in [5.41, 5.74) is 2.71. The van der Waals surface area contributed by atoms with Crippen molar-refractivity contribution in [2.45, 2.75) is 32.2 Å². The van der Waals surface area contributed by atoms with Crippen LogP contribution in [-0.4, -0.2) is 48.3 Å². The maximum atomic E-state index is 13.5. The van der Waals surface area contributed by atoms with Gasteiger partial charge in [-0.1, -0.05) is 19.1 Å². The number of rotatable bonds is 5. The van der Waals surface area contributed by atoms with E-state index in [4.69, 9.17) is 9.84 Å². The van der Waals surface area contributed by atoms with Gasteiger partial charge in [-0.3, -0.25) is 9.69 Å². The standard InChI is InChI=1S/C24H28FN3O2/c1-17-11-13-27(14-12-17)16-24(29)28-23(19-3-7-20(25)8-4-19)15-22(26-28)18-5-9-21(30-2)10-6-18/h3-10,17,23H,11-16H2,1-2H3. The summed E-state index contributed by atoms with van der Waals surface area (Å²) >= 11 is 0. The third-order valence-electron chi connectivity index (χ3n) is 6.08. The van der Waals surface area contributed by atoms with Crippen molar-refractivity contribution in [3.8, 4) is 5.75 Å². The van der Waals surface area contributed by atoms with Crippen LogP contribution >= 0.6 is 0 Å². The molecule has 1 unspecified atom stereocenters. The molecule has 2 heterocycles. The Bertz CT molecular complexity index is 903. The number of likely N-dealkylation sites (tertiary alicyclic amines) is 1. The van der Waals surface area contributed by atoms with Gasteiger partial charge >= 0.3 is 0 Å². The number of nitrogens with zero attached hydrogens (tertiary/aromatic N) is 3. The smallest absolute Gasteiger partial charge is 0.257 e. The highest BCUT2D eigenvalue weighted by Crippen LogP contribution is 2.33. The van der Waals surface area contributed by atoms with Gasteiger partial charge in [-0.05, 0) is 79.4 Å². The molecule has 2 aromatic rings. The summed E-state index contributed by atoms with van der Waals surface area (Å²) < 4.78 is 18.7. The Labute approximate surface area is 177 Å². The second-order valence-corrected chi connectivity index (χ2v) is 8.24. The van der Waals surface area contributed by atoms with Gasteiger partial charge in [0.05, 0.1) is 25.4 Å². The van der Waals surface area contributed by atoms with Gasteiger partial charge in [-0.15, -0.1) is 0 Å². The van der Waals surface area contributed by atoms with Crippen LogP contribution in [0.2, 0.25) is 0 Å². The van der Waals surface area contributed by atoms with Crippen LogP contribution in [0.5, 0.6) is 5.75 Å². The summed E-state index contributed by atoms with van der Waals surface area (Å²) in [4.78, 5) is 15.4. The summed E-state index contributed by atoms with van der Waals surface area (Å²) in [6.07, 6.45) is 2.84. The topological polar surface area (TPSA) is 45.1 Å². The molecule has 5 nitrogen and oxygen atoms in total. The van der Waals surface area contributed by atoms with E-state index in [9.17, 15) is 9.18 Å². The number of hydrogen-bond acceptors (Lipinski definition) is 4. The Balaban J connectivity index is 1.57. The zero-order valence-corrected chi connectivity index (χ0v) is 17.6. The molecule has 0 N–H and O–H groups in total. The lowest BCUT2D eigenvalue weighted by Gasteiger charge is -2.31. The molecule has 0 spiro atoms. The van der Waals surface area contributed by atoms with E-state index in [1.165, 1.54) is 12.1 Å². The number of methoxy groups -OCH3 is 1. The second kappa shape index (κ2) is 8.96. The van der Waals surface area contributed by atoms with E-state index in [-0.39, 0.29) is 17.8 Å². The lowest BCUT2D eigenvalue weighted by atomic mass is 9.98. The summed E-state index contributed by atoms with van der Waals surface area (Å²) in [5, 5.41) is 6.32. The van der Waals surface area contributed by atoms with Crippen molar-refractivity contribution >= 4 is 11.6 Å². The molecule has 0 aromatic heterocycles. The Morgan fingerprint density at radius 2 is 1.77 bits per heavy atom. The van der Waals surface area contributed by atoms with Gasteiger partial charge < -0.3 is 4.74 Å². The van der Waals surface area contributed by atoms with Crippen LogP contribution in [0.3, 0.4) is 0 Å². The van der Waals surface area contributed by atoms with E-state index >= 15 is 0 Å². The van der Waals surface area contributed by atoms with Gasteiger partial charge in [0.2, 0.25) is 0 Å². The fraction of sp³-hybridized carbons (Fsp3) is 0.417. The number of hydrazone groups is 1. The number of amides is 1. The number of carbonyl (C=O) groups excluding carboxylic acids is 1. The lowest BCUT2D eigenvalue weighted by molar-refractivity contribution is -0.134. The first kappa shape index (κ1) is 20.5. The zero-order valence-electron chi connectivity index (χ0n) is 17.6. The number of carbonyl (C=O) groups is 1. The minimum atomic E-state index is -0.284. The second-order valence-electron chi connectivity index (χ2n) is 8.24. The molecule has 2 aliphatic rings. The van der Waals surface area contributed by atoms with Crippen molar-refractivity contribution in [3.63, 3.8) is 0 Å². The van der Waals surface area contributed by atoms with E-state index in [1.54, 1.807) is 24.3 Å². The molecular weight excluding hydrogens is 381 g/mol. The SMILES string of the molecule is COc1ccc(C2=NN(C(=O)CN3CCC(C)CC3)C(c3ccc(F)cc3)C2)cc1. The Kier molecular flexibility index (Phi) is 6.13. The first-order valence-electron chi connectivity index (χ1n) is 10.6. The molecular formula is C24H28FN3O2. The van der Waals surface area contributed by atoms with Crippen molar-refractivity contribution in [2.75, 3.05) is 26.7 Å². The van der Waals surface area contributed by atoms with Crippen LogP contribution in [0.4, 0.5) is 4.39 Å². The molecule has 1 atom stereocenters. The molecule has 0 bridgehead atoms. The summed E-state index contributed by atoms with van der Waals surface area (Å²) in [6.45, 7) is 4.51. The normalized spacial score (nSPS) is 20.3. The van der Waals surface area contributed by atoms with Crippen LogP contribution < -0.4 is 4.74 Å². The number of ether oxygens (including phenoxy) is 1. The van der Waals surface area contributed by atoms with Crippen molar-refractivity contribution in [3.05, 3.63) is 65.5 Å². The molecule has 0 saturated carbocycles. The quantitative estimate of drug-likeness (QED) is 0.742. The Hall–Kier alpha value is -2.73. The van der Waals surface area contributed by atoms with Crippen LogP contribution in [0.15, 0.2) is 53.6 Å². The van der Waals surface area contributed by atoms with Crippen molar-refractivity contribution < 1.29 is 13.9 Å². The lowest BCUT2D eigenvalue weighted by Crippen LogP contribution is -2.41. The first-order chi connectivity index (χ1) is 14.5. The maximum absolute atomic E-state index is 13.5. The highest BCUT2D eigenvalue weighted by atomic mass is 19.1. The molecule has 0 radical (unpaired) electrons. The minimum absolute atomic E-state index is 0.0117. The van der Waals surface area contributed by atoms with Gasteiger partial charge in [-0.25, -0.2) is 9.40 Å². The zero-order chi connectivity index (χ0) is 21.1. The van der Waals surface area contributed by atoms with E-state index in [0.717, 1.165) is 54.4 Å². The predicted molar refractivity (Wildman–Crippen MR) is 115 cm³/mol. The van der Waals surface area contributed by atoms with E-state index in [1.807, 2.05) is 24.3 Å². The molecule has 1 fully saturated rings. The molecule has 6 heteroatoms. The molecule has 1 saturated heterocycles. The van der Waals surface area contributed by atoms with Crippen LogP contribution in [0.25, 0.3) is 0 Å². The van der Waals surface area contributed by atoms with Crippen molar-refractivity contribution in [1.29, 1.82) is 0 Å². The fourth-order valence-electron chi connectivity index (χ4n) is 4.13. The number of piperidine rings is 1. The molecule has 0 aliphatic carbocycles. The van der Waals surface area contributed by atoms with E-state index < -0.39 is 0 Å². The molecule has 2 aromatic carbocycles. The van der Waals surface area contributed by atoms with E-state index in [2.05, 4.69) is 11.8 Å².